The van der Waals surface area contributed by atoms with Crippen LogP contribution in [0.4, 0.5) is 0 Å². The molecular weight excluding hydrogens is 166 g/mol. The summed E-state index contributed by atoms with van der Waals surface area (Å²) in [6.07, 6.45) is 0. The maximum atomic E-state index is 5.14. The van der Waals surface area contributed by atoms with Crippen molar-refractivity contribution in [3.05, 3.63) is 36.4 Å². The summed E-state index contributed by atoms with van der Waals surface area (Å²) < 4.78 is 5.14. The van der Waals surface area contributed by atoms with Crippen molar-refractivity contribution < 1.29 is 9.57 Å². The Morgan fingerprint density at radius 2 is 2.23 bits per heavy atom. The van der Waals surface area contributed by atoms with Gasteiger partial charge in [0.2, 0.25) is 0 Å². The van der Waals surface area contributed by atoms with Crippen molar-refractivity contribution in [2.45, 2.75) is 12.5 Å². The average molecular weight is 178 g/mol. The number of nitrogens with one attached hydrogen (secondary N) is 1. The van der Waals surface area contributed by atoms with E-state index in [4.69, 9.17) is 9.57 Å². The zero-order valence-corrected chi connectivity index (χ0v) is 7.70. The minimum atomic E-state index is -0.172. The molecule has 1 aromatic carbocycles. The molecule has 0 saturated carbocycles. The third-order valence-corrected chi connectivity index (χ3v) is 2.23. The average Bonchev–Trinajstić information content (AvgIpc) is 2.14. The Balaban J connectivity index is 2.29. The highest BCUT2D eigenvalue weighted by Crippen LogP contribution is 2.32. The molecule has 0 amide bonds. The van der Waals surface area contributed by atoms with Crippen molar-refractivity contribution in [2.75, 3.05) is 7.11 Å². The Hall–Kier alpha value is -1.06. The molecule has 0 spiro atoms. The minimum absolute atomic E-state index is 0.172. The van der Waals surface area contributed by atoms with Gasteiger partial charge in [0.1, 0.15) is 12.4 Å². The monoisotopic (exact) mass is 178 g/mol. The Morgan fingerprint density at radius 3 is 2.77 bits per heavy atom. The third-order valence-electron chi connectivity index (χ3n) is 2.23. The first-order valence-electron chi connectivity index (χ1n) is 4.16. The molecule has 1 fully saturated rings. The van der Waals surface area contributed by atoms with Crippen molar-refractivity contribution in [1.29, 1.82) is 0 Å². The van der Waals surface area contributed by atoms with Crippen LogP contribution in [0.25, 0.3) is 0 Å². The lowest BCUT2D eigenvalue weighted by molar-refractivity contribution is -0.0966. The first kappa shape index (κ1) is 8.53. The van der Waals surface area contributed by atoms with Gasteiger partial charge in [-0.15, -0.1) is 0 Å². The van der Waals surface area contributed by atoms with E-state index in [0.29, 0.717) is 0 Å². The van der Waals surface area contributed by atoms with Crippen molar-refractivity contribution >= 4 is 0 Å². The van der Waals surface area contributed by atoms with Gasteiger partial charge in [-0.2, -0.15) is 5.48 Å². The first-order chi connectivity index (χ1) is 6.24. The highest BCUT2D eigenvalue weighted by atomic mass is 16.7. The minimum Gasteiger partial charge on any atom is -0.497 e. The lowest BCUT2D eigenvalue weighted by Crippen LogP contribution is -2.50. The third kappa shape index (κ3) is 1.41. The van der Waals surface area contributed by atoms with Gasteiger partial charge in [-0.3, -0.25) is 4.84 Å². The number of rotatable bonds is 2. The van der Waals surface area contributed by atoms with Crippen LogP contribution in [0.2, 0.25) is 0 Å². The fraction of sp³-hybridized carbons (Fsp3) is 0.300. The molecule has 3 heteroatoms. The second-order valence-corrected chi connectivity index (χ2v) is 3.27. The number of methoxy groups -OCH3 is 1. The standard InChI is InChI=1S/C10H12NO2/c1-10(7-13-11-10)8-4-3-5-9(6-8)12-2/h3-7,11H,1-2H3. The van der Waals surface area contributed by atoms with Gasteiger partial charge in [0.15, 0.2) is 0 Å². The van der Waals surface area contributed by atoms with Crippen molar-refractivity contribution in [3.8, 4) is 5.75 Å². The molecule has 0 aliphatic carbocycles. The molecular formula is C10H12NO2. The molecule has 1 aromatic rings. The maximum Gasteiger partial charge on any atom is 0.134 e. The molecule has 1 unspecified atom stereocenters. The summed E-state index contributed by atoms with van der Waals surface area (Å²) in [5.74, 6) is 0.862. The predicted octanol–water partition coefficient (Wildman–Crippen LogP) is 1.61. The van der Waals surface area contributed by atoms with Crippen LogP contribution in [0.3, 0.4) is 0 Å². The topological polar surface area (TPSA) is 30.5 Å². The number of hydroxylamine groups is 1. The Morgan fingerprint density at radius 1 is 1.46 bits per heavy atom. The van der Waals surface area contributed by atoms with E-state index >= 15 is 0 Å². The summed E-state index contributed by atoms with van der Waals surface area (Å²) in [6.45, 7) is 3.81. The highest BCUT2D eigenvalue weighted by Gasteiger charge is 2.36. The molecule has 13 heavy (non-hydrogen) atoms. The van der Waals surface area contributed by atoms with E-state index in [1.807, 2.05) is 31.2 Å². The van der Waals surface area contributed by atoms with E-state index in [2.05, 4.69) is 5.48 Å². The molecule has 1 saturated heterocycles. The summed E-state index contributed by atoms with van der Waals surface area (Å²) in [5, 5.41) is 0. The fourth-order valence-electron chi connectivity index (χ4n) is 1.31. The molecule has 1 N–H and O–H groups in total. The zero-order valence-electron chi connectivity index (χ0n) is 7.70. The Kier molecular flexibility index (Phi) is 1.98. The van der Waals surface area contributed by atoms with Gasteiger partial charge >= 0.3 is 0 Å². The van der Waals surface area contributed by atoms with Crippen molar-refractivity contribution in [3.63, 3.8) is 0 Å². The van der Waals surface area contributed by atoms with Crippen LogP contribution < -0.4 is 10.2 Å². The predicted molar refractivity (Wildman–Crippen MR) is 48.9 cm³/mol. The second-order valence-electron chi connectivity index (χ2n) is 3.27. The van der Waals surface area contributed by atoms with Crippen LogP contribution in [0, 0.1) is 6.61 Å². The van der Waals surface area contributed by atoms with E-state index < -0.39 is 0 Å². The van der Waals surface area contributed by atoms with Gasteiger partial charge in [-0.25, -0.2) is 0 Å². The van der Waals surface area contributed by atoms with Crippen LogP contribution >= 0.6 is 0 Å². The molecule has 69 valence electrons. The zero-order chi connectivity index (χ0) is 9.31. The van der Waals surface area contributed by atoms with Crippen LogP contribution in [0.5, 0.6) is 5.75 Å². The molecule has 1 aliphatic heterocycles. The Bertz CT molecular complexity index is 308. The fourth-order valence-corrected chi connectivity index (χ4v) is 1.31. The van der Waals surface area contributed by atoms with E-state index in [9.17, 15) is 0 Å². The van der Waals surface area contributed by atoms with E-state index in [0.717, 1.165) is 11.3 Å². The quantitative estimate of drug-likeness (QED) is 0.746. The van der Waals surface area contributed by atoms with Crippen LogP contribution in [-0.2, 0) is 10.4 Å². The number of hydrogen-bond acceptors (Lipinski definition) is 3. The maximum absolute atomic E-state index is 5.14. The van der Waals surface area contributed by atoms with Crippen LogP contribution in [-0.4, -0.2) is 7.11 Å². The summed E-state index contributed by atoms with van der Waals surface area (Å²) in [7, 11) is 1.66. The number of benzene rings is 1. The second kappa shape index (κ2) is 3.01. The van der Waals surface area contributed by atoms with Crippen LogP contribution in [0.1, 0.15) is 12.5 Å². The highest BCUT2D eigenvalue weighted by molar-refractivity contribution is 5.35. The van der Waals surface area contributed by atoms with Gasteiger partial charge in [0, 0.05) is 0 Å². The smallest absolute Gasteiger partial charge is 0.134 e. The first-order valence-corrected chi connectivity index (χ1v) is 4.16. The lowest BCUT2D eigenvalue weighted by Gasteiger charge is -2.38. The molecule has 1 heterocycles. The van der Waals surface area contributed by atoms with E-state index in [1.165, 1.54) is 0 Å². The van der Waals surface area contributed by atoms with Crippen LogP contribution in [0.15, 0.2) is 24.3 Å². The van der Waals surface area contributed by atoms with E-state index in [-0.39, 0.29) is 5.54 Å². The summed E-state index contributed by atoms with van der Waals surface area (Å²) in [5.41, 5.74) is 3.84. The van der Waals surface area contributed by atoms with Gasteiger partial charge in [0.25, 0.3) is 0 Å². The Labute approximate surface area is 77.6 Å². The summed E-state index contributed by atoms with van der Waals surface area (Å²) in [4.78, 5) is 4.85. The lowest BCUT2D eigenvalue weighted by atomic mass is 9.92. The molecule has 1 atom stereocenters. The van der Waals surface area contributed by atoms with Crippen molar-refractivity contribution in [2.24, 2.45) is 0 Å². The molecule has 3 nitrogen and oxygen atoms in total. The van der Waals surface area contributed by atoms with E-state index in [1.54, 1.807) is 13.7 Å². The SMILES string of the molecule is COc1cccc(C2(C)[CH]ON2)c1. The largest absolute Gasteiger partial charge is 0.497 e. The summed E-state index contributed by atoms with van der Waals surface area (Å²) >= 11 is 0. The molecule has 1 radical (unpaired) electrons. The number of ether oxygens (including phenoxy) is 1. The van der Waals surface area contributed by atoms with Crippen molar-refractivity contribution in [1.82, 2.24) is 5.48 Å². The normalized spacial score (nSPS) is 26.6. The van der Waals surface area contributed by atoms with Gasteiger partial charge in [-0.05, 0) is 24.6 Å². The van der Waals surface area contributed by atoms with Gasteiger partial charge < -0.3 is 4.74 Å². The summed E-state index contributed by atoms with van der Waals surface area (Å²) in [6, 6.07) is 7.92. The molecule has 1 aliphatic rings. The molecule has 0 aromatic heterocycles. The number of hydrogen-bond donors (Lipinski definition) is 1. The van der Waals surface area contributed by atoms with Gasteiger partial charge in [-0.1, -0.05) is 12.1 Å². The van der Waals surface area contributed by atoms with Gasteiger partial charge in [0.05, 0.1) is 12.6 Å². The molecule has 0 bridgehead atoms. The molecule has 2 rings (SSSR count).